The SMILES string of the molecule is C#CC1(c2cccc(-c3ccc(C(=O)O)c(Cl)c3)n2)CC1. The second-order valence-electron chi connectivity index (χ2n) is 5.13. The highest BCUT2D eigenvalue weighted by atomic mass is 35.5. The van der Waals surface area contributed by atoms with Crippen LogP contribution < -0.4 is 0 Å². The largest absolute Gasteiger partial charge is 0.478 e. The molecule has 0 saturated heterocycles. The number of nitrogens with zero attached hydrogens (tertiary/aromatic N) is 1. The van der Waals surface area contributed by atoms with Crippen molar-refractivity contribution in [3.63, 3.8) is 0 Å². The van der Waals surface area contributed by atoms with E-state index in [9.17, 15) is 4.79 Å². The molecule has 2 aromatic rings. The molecule has 0 atom stereocenters. The smallest absolute Gasteiger partial charge is 0.337 e. The molecule has 0 bridgehead atoms. The van der Waals surface area contributed by atoms with Gasteiger partial charge >= 0.3 is 5.97 Å². The van der Waals surface area contributed by atoms with Crippen LogP contribution in [0.4, 0.5) is 0 Å². The van der Waals surface area contributed by atoms with E-state index in [0.717, 1.165) is 29.8 Å². The first-order chi connectivity index (χ1) is 10.1. The maximum absolute atomic E-state index is 11.0. The van der Waals surface area contributed by atoms with Crippen molar-refractivity contribution in [3.05, 3.63) is 52.7 Å². The van der Waals surface area contributed by atoms with Gasteiger partial charge < -0.3 is 5.11 Å². The van der Waals surface area contributed by atoms with Gasteiger partial charge in [-0.25, -0.2) is 4.79 Å². The highest BCUT2D eigenvalue weighted by Gasteiger charge is 2.44. The van der Waals surface area contributed by atoms with Gasteiger partial charge in [0.2, 0.25) is 0 Å². The number of aromatic carboxylic acids is 1. The highest BCUT2D eigenvalue weighted by Crippen LogP contribution is 2.46. The fourth-order valence-corrected chi connectivity index (χ4v) is 2.57. The molecule has 1 fully saturated rings. The van der Waals surface area contributed by atoms with Crippen LogP contribution in [-0.4, -0.2) is 16.1 Å². The van der Waals surface area contributed by atoms with E-state index in [4.69, 9.17) is 23.1 Å². The van der Waals surface area contributed by atoms with Gasteiger partial charge in [-0.05, 0) is 37.1 Å². The van der Waals surface area contributed by atoms with Crippen molar-refractivity contribution in [2.24, 2.45) is 0 Å². The van der Waals surface area contributed by atoms with E-state index < -0.39 is 5.97 Å². The van der Waals surface area contributed by atoms with Crippen molar-refractivity contribution in [3.8, 4) is 23.6 Å². The maximum Gasteiger partial charge on any atom is 0.337 e. The molecule has 0 radical (unpaired) electrons. The van der Waals surface area contributed by atoms with Crippen molar-refractivity contribution < 1.29 is 9.90 Å². The Bertz CT molecular complexity index is 773. The van der Waals surface area contributed by atoms with Gasteiger partial charge in [0.15, 0.2) is 0 Å². The van der Waals surface area contributed by atoms with Crippen LogP contribution in [0.25, 0.3) is 11.3 Å². The summed E-state index contributed by atoms with van der Waals surface area (Å²) in [5, 5.41) is 9.20. The lowest BCUT2D eigenvalue weighted by Crippen LogP contribution is -2.06. The van der Waals surface area contributed by atoms with Crippen molar-refractivity contribution in [2.45, 2.75) is 18.3 Å². The van der Waals surface area contributed by atoms with Crippen LogP contribution in [0.2, 0.25) is 5.02 Å². The summed E-state index contributed by atoms with van der Waals surface area (Å²) in [6.07, 6.45) is 7.50. The quantitative estimate of drug-likeness (QED) is 0.878. The lowest BCUT2D eigenvalue weighted by atomic mass is 10.0. The predicted octanol–water partition coefficient (Wildman–Crippen LogP) is 3.77. The average molecular weight is 298 g/mol. The zero-order chi connectivity index (χ0) is 15.0. The fourth-order valence-electron chi connectivity index (χ4n) is 2.31. The van der Waals surface area contributed by atoms with Crippen LogP contribution >= 0.6 is 11.6 Å². The molecule has 1 aliphatic carbocycles. The van der Waals surface area contributed by atoms with Crippen LogP contribution in [0.5, 0.6) is 0 Å². The Hall–Kier alpha value is -2.31. The molecular weight excluding hydrogens is 286 g/mol. The van der Waals surface area contributed by atoms with Crippen LogP contribution in [0.1, 0.15) is 28.9 Å². The molecule has 1 N–H and O–H groups in total. The molecule has 4 heteroatoms. The number of pyridine rings is 1. The van der Waals surface area contributed by atoms with Crippen molar-refractivity contribution in [1.29, 1.82) is 0 Å². The summed E-state index contributed by atoms with van der Waals surface area (Å²) in [4.78, 5) is 15.6. The Morgan fingerprint density at radius 1 is 1.33 bits per heavy atom. The Morgan fingerprint density at radius 2 is 2.10 bits per heavy atom. The lowest BCUT2D eigenvalue weighted by Gasteiger charge is -2.10. The van der Waals surface area contributed by atoms with Gasteiger partial charge in [0.05, 0.1) is 27.4 Å². The topological polar surface area (TPSA) is 50.2 Å². The number of terminal acetylenes is 1. The summed E-state index contributed by atoms with van der Waals surface area (Å²) >= 11 is 6.00. The molecule has 0 amide bonds. The molecule has 3 nitrogen and oxygen atoms in total. The van der Waals surface area contributed by atoms with Crippen LogP contribution in [0.3, 0.4) is 0 Å². The second kappa shape index (κ2) is 4.91. The summed E-state index contributed by atoms with van der Waals surface area (Å²) in [6, 6.07) is 10.5. The third-order valence-corrected chi connectivity index (χ3v) is 4.07. The Balaban J connectivity index is 2.02. The second-order valence-corrected chi connectivity index (χ2v) is 5.54. The number of carboxylic acid groups (broad SMARTS) is 1. The summed E-state index contributed by atoms with van der Waals surface area (Å²) in [6.45, 7) is 0. The number of hydrogen-bond acceptors (Lipinski definition) is 2. The fraction of sp³-hybridized carbons (Fsp3) is 0.176. The standard InChI is InChI=1S/C17H12ClNO2/c1-2-17(8-9-17)15-5-3-4-14(19-15)11-6-7-12(16(20)21)13(18)10-11/h1,3-7,10H,8-9H2,(H,20,21). The number of halogens is 1. The molecule has 0 aliphatic heterocycles. The lowest BCUT2D eigenvalue weighted by molar-refractivity contribution is 0.0697. The average Bonchev–Trinajstić information content (AvgIpc) is 3.28. The zero-order valence-electron chi connectivity index (χ0n) is 11.1. The maximum atomic E-state index is 11.0. The molecule has 1 heterocycles. The van der Waals surface area contributed by atoms with E-state index in [1.54, 1.807) is 12.1 Å². The zero-order valence-corrected chi connectivity index (χ0v) is 11.9. The molecule has 0 spiro atoms. The summed E-state index contributed by atoms with van der Waals surface area (Å²) in [7, 11) is 0. The van der Waals surface area contributed by atoms with Crippen LogP contribution in [0.15, 0.2) is 36.4 Å². The van der Waals surface area contributed by atoms with Gasteiger partial charge in [0.25, 0.3) is 0 Å². The molecule has 21 heavy (non-hydrogen) atoms. The van der Waals surface area contributed by atoms with Crippen LogP contribution in [-0.2, 0) is 5.41 Å². The number of aromatic nitrogens is 1. The van der Waals surface area contributed by atoms with Gasteiger partial charge in [0.1, 0.15) is 0 Å². The van der Waals surface area contributed by atoms with Gasteiger partial charge in [-0.15, -0.1) is 6.42 Å². The first-order valence-electron chi connectivity index (χ1n) is 6.54. The Kier molecular flexibility index (Phi) is 3.19. The van der Waals surface area contributed by atoms with Crippen molar-refractivity contribution in [2.75, 3.05) is 0 Å². The van der Waals surface area contributed by atoms with E-state index in [0.29, 0.717) is 0 Å². The van der Waals surface area contributed by atoms with E-state index in [1.165, 1.54) is 6.07 Å². The minimum absolute atomic E-state index is 0.0823. The van der Waals surface area contributed by atoms with Gasteiger partial charge in [-0.2, -0.15) is 0 Å². The third kappa shape index (κ3) is 2.39. The summed E-state index contributed by atoms with van der Waals surface area (Å²) in [5.74, 6) is 1.77. The first kappa shape index (κ1) is 13.7. The minimum atomic E-state index is -1.04. The summed E-state index contributed by atoms with van der Waals surface area (Å²) < 4.78 is 0. The third-order valence-electron chi connectivity index (χ3n) is 3.76. The predicted molar refractivity (Wildman–Crippen MR) is 81.4 cm³/mol. The van der Waals surface area contributed by atoms with Gasteiger partial charge in [0, 0.05) is 5.56 Å². The number of hydrogen-bond donors (Lipinski definition) is 1. The minimum Gasteiger partial charge on any atom is -0.478 e. The number of benzene rings is 1. The summed E-state index contributed by atoms with van der Waals surface area (Å²) in [5.41, 5.74) is 2.27. The molecule has 0 unspecified atom stereocenters. The molecule has 104 valence electrons. The number of carbonyl (C=O) groups is 1. The van der Waals surface area contributed by atoms with Gasteiger partial charge in [-0.3, -0.25) is 4.98 Å². The normalized spacial score (nSPS) is 15.2. The molecule has 1 aliphatic rings. The van der Waals surface area contributed by atoms with E-state index in [-0.39, 0.29) is 16.0 Å². The Morgan fingerprint density at radius 3 is 2.67 bits per heavy atom. The number of carboxylic acids is 1. The number of rotatable bonds is 3. The highest BCUT2D eigenvalue weighted by molar-refractivity contribution is 6.33. The van der Waals surface area contributed by atoms with E-state index in [2.05, 4.69) is 10.9 Å². The van der Waals surface area contributed by atoms with Crippen molar-refractivity contribution in [1.82, 2.24) is 4.98 Å². The van der Waals surface area contributed by atoms with Crippen LogP contribution in [0, 0.1) is 12.3 Å². The monoisotopic (exact) mass is 297 g/mol. The molecular formula is C17H12ClNO2. The van der Waals surface area contributed by atoms with Gasteiger partial charge in [-0.1, -0.05) is 29.7 Å². The molecule has 1 aromatic heterocycles. The molecule has 1 saturated carbocycles. The first-order valence-corrected chi connectivity index (χ1v) is 6.92. The van der Waals surface area contributed by atoms with E-state index >= 15 is 0 Å². The molecule has 3 rings (SSSR count). The molecule has 1 aromatic carbocycles. The Labute approximate surface area is 127 Å². The van der Waals surface area contributed by atoms with Crippen molar-refractivity contribution >= 4 is 17.6 Å². The van der Waals surface area contributed by atoms with E-state index in [1.807, 2.05) is 18.2 Å².